The molecule has 0 aliphatic carbocycles. The standard InChI is InChI=1S/C79H138O17P2/c1-5-9-13-17-21-25-29-32-34-36-38-41-44-47-51-55-59-63-76(81)89-69-74(95-78(83)65-61-57-53-49-43-28-24-20-16-12-8-4)71-93-97(85,86)91-67-73(80)68-92-98(87,88)94-72-75(96-79(84)66-62-58-54-50-46-40-31-27-23-19-15-11-7-3)70-90-77(82)64-60-56-52-48-45-42-39-37-35-33-30-26-22-18-14-10-6-2/h9-10,13-15,19,21-22,25-27,31-35,73-75,80H,5-8,11-12,16-18,20,23-24,28-30,36-72H2,1-4H3,(H,85,86)(H,87,88)/b13-9-,14-10-,19-15-,25-21-,26-22-,31-27-,34-32-,35-33-. The molecule has 17 nitrogen and oxygen atoms in total. The molecular weight excluding hydrogens is 1280 g/mol. The predicted molar refractivity (Wildman–Crippen MR) is 399 cm³/mol. The van der Waals surface area contributed by atoms with Gasteiger partial charge in [0.25, 0.3) is 0 Å². The summed E-state index contributed by atoms with van der Waals surface area (Å²) in [6.07, 6.45) is 73.9. The molecule has 0 radical (unpaired) electrons. The number of unbranched alkanes of at least 4 members (excludes halogenated alkanes) is 30. The minimum atomic E-state index is -4.98. The second kappa shape index (κ2) is 71.4. The molecule has 5 unspecified atom stereocenters. The van der Waals surface area contributed by atoms with E-state index in [1.165, 1.54) is 38.5 Å². The highest BCUT2D eigenvalue weighted by atomic mass is 31.2. The van der Waals surface area contributed by atoms with Gasteiger partial charge in [0.15, 0.2) is 12.2 Å². The van der Waals surface area contributed by atoms with Crippen LogP contribution >= 0.6 is 15.6 Å². The van der Waals surface area contributed by atoms with Crippen molar-refractivity contribution in [1.29, 1.82) is 0 Å². The molecule has 0 aliphatic heterocycles. The minimum Gasteiger partial charge on any atom is -0.462 e. The zero-order valence-electron chi connectivity index (χ0n) is 61.7. The van der Waals surface area contributed by atoms with Crippen molar-refractivity contribution in [1.82, 2.24) is 0 Å². The monoisotopic (exact) mass is 1420 g/mol. The Kier molecular flexibility index (Phi) is 68.4. The summed E-state index contributed by atoms with van der Waals surface area (Å²) in [6.45, 7) is 4.57. The molecule has 0 amide bonds. The summed E-state index contributed by atoms with van der Waals surface area (Å²) in [5.74, 6) is -2.20. The van der Waals surface area contributed by atoms with E-state index in [1.807, 2.05) is 0 Å². The highest BCUT2D eigenvalue weighted by Gasteiger charge is 2.30. The van der Waals surface area contributed by atoms with Crippen LogP contribution in [0.25, 0.3) is 0 Å². The largest absolute Gasteiger partial charge is 0.472 e. The summed E-state index contributed by atoms with van der Waals surface area (Å²) in [4.78, 5) is 72.8. The number of allylic oxidation sites excluding steroid dienone is 16. The zero-order chi connectivity index (χ0) is 71.8. The summed E-state index contributed by atoms with van der Waals surface area (Å²) >= 11 is 0. The van der Waals surface area contributed by atoms with E-state index in [2.05, 4.69) is 125 Å². The molecule has 98 heavy (non-hydrogen) atoms. The number of aliphatic hydroxyl groups excluding tert-OH is 1. The first-order chi connectivity index (χ1) is 47.7. The summed E-state index contributed by atoms with van der Waals surface area (Å²) in [5, 5.41) is 10.6. The number of aliphatic hydroxyl groups is 1. The van der Waals surface area contributed by atoms with Gasteiger partial charge in [-0.3, -0.25) is 37.3 Å². The van der Waals surface area contributed by atoms with Crippen LogP contribution in [-0.4, -0.2) is 96.7 Å². The number of carbonyl (C=O) groups excluding carboxylic acids is 4. The van der Waals surface area contributed by atoms with Crippen molar-refractivity contribution in [3.8, 4) is 0 Å². The number of phosphoric ester groups is 2. The van der Waals surface area contributed by atoms with E-state index in [0.29, 0.717) is 25.7 Å². The highest BCUT2D eigenvalue weighted by Crippen LogP contribution is 2.45. The molecule has 0 aliphatic rings. The molecule has 0 aromatic rings. The van der Waals surface area contributed by atoms with Crippen LogP contribution < -0.4 is 0 Å². The van der Waals surface area contributed by atoms with Crippen LogP contribution in [0, 0.1) is 0 Å². The van der Waals surface area contributed by atoms with E-state index in [0.717, 1.165) is 205 Å². The highest BCUT2D eigenvalue weighted by molar-refractivity contribution is 7.47. The summed E-state index contributed by atoms with van der Waals surface area (Å²) in [5.41, 5.74) is 0. The van der Waals surface area contributed by atoms with Crippen molar-refractivity contribution in [2.45, 2.75) is 341 Å². The fourth-order valence-electron chi connectivity index (χ4n) is 10.2. The van der Waals surface area contributed by atoms with Gasteiger partial charge in [-0.2, -0.15) is 0 Å². The lowest BCUT2D eigenvalue weighted by molar-refractivity contribution is -0.161. The van der Waals surface area contributed by atoms with Gasteiger partial charge in [0.05, 0.1) is 26.4 Å². The molecule has 0 aromatic carbocycles. The van der Waals surface area contributed by atoms with E-state index in [4.69, 9.17) is 37.0 Å². The lowest BCUT2D eigenvalue weighted by atomic mass is 10.1. The van der Waals surface area contributed by atoms with Gasteiger partial charge in [0.1, 0.15) is 19.3 Å². The number of hydrogen-bond acceptors (Lipinski definition) is 15. The number of rotatable bonds is 72. The van der Waals surface area contributed by atoms with Gasteiger partial charge in [-0.25, -0.2) is 9.13 Å². The molecule has 0 rings (SSSR count). The van der Waals surface area contributed by atoms with E-state index in [9.17, 15) is 43.2 Å². The minimum absolute atomic E-state index is 0.0769. The Morgan fingerprint density at radius 3 is 0.857 bits per heavy atom. The summed E-state index contributed by atoms with van der Waals surface area (Å²) < 4.78 is 68.5. The third-order valence-corrected chi connectivity index (χ3v) is 17.9. The van der Waals surface area contributed by atoms with Gasteiger partial charge in [-0.1, -0.05) is 279 Å². The van der Waals surface area contributed by atoms with Crippen LogP contribution in [0.15, 0.2) is 97.2 Å². The molecule has 0 saturated carbocycles. The Balaban J connectivity index is 5.31. The van der Waals surface area contributed by atoms with Crippen LogP contribution in [-0.2, 0) is 65.4 Å². The predicted octanol–water partition coefficient (Wildman–Crippen LogP) is 22.0. The maximum Gasteiger partial charge on any atom is 0.472 e. The Morgan fingerprint density at radius 2 is 0.551 bits per heavy atom. The lowest BCUT2D eigenvalue weighted by Crippen LogP contribution is -2.30. The average Bonchev–Trinajstić information content (AvgIpc) is 0.973. The summed E-state index contributed by atoms with van der Waals surface area (Å²) in [7, 11) is -9.95. The van der Waals surface area contributed by atoms with Crippen LogP contribution in [0.5, 0.6) is 0 Å². The van der Waals surface area contributed by atoms with Crippen molar-refractivity contribution >= 4 is 39.5 Å². The molecule has 19 heteroatoms. The quantitative estimate of drug-likeness (QED) is 0.0169. The first-order valence-electron chi connectivity index (χ1n) is 38.5. The van der Waals surface area contributed by atoms with Crippen molar-refractivity contribution in [2.24, 2.45) is 0 Å². The number of ether oxygens (including phenoxy) is 4. The molecule has 0 fully saturated rings. The Bertz CT molecular complexity index is 2240. The second-order valence-corrected chi connectivity index (χ2v) is 28.4. The Hall–Kier alpha value is -4.02. The number of carbonyl (C=O) groups is 4. The first kappa shape index (κ1) is 94.0. The van der Waals surface area contributed by atoms with Crippen molar-refractivity contribution in [3.05, 3.63) is 97.2 Å². The van der Waals surface area contributed by atoms with Crippen molar-refractivity contribution in [2.75, 3.05) is 39.6 Å². The molecule has 566 valence electrons. The first-order valence-corrected chi connectivity index (χ1v) is 41.5. The van der Waals surface area contributed by atoms with Gasteiger partial charge < -0.3 is 33.8 Å². The van der Waals surface area contributed by atoms with E-state index >= 15 is 0 Å². The average molecular weight is 1420 g/mol. The number of hydrogen-bond donors (Lipinski definition) is 3. The molecule has 3 N–H and O–H groups in total. The van der Waals surface area contributed by atoms with Crippen LogP contribution in [0.4, 0.5) is 0 Å². The fourth-order valence-corrected chi connectivity index (χ4v) is 11.8. The Labute approximate surface area is 595 Å². The molecule has 0 aromatic heterocycles. The maximum absolute atomic E-state index is 13.1. The molecule has 0 bridgehead atoms. The number of phosphoric acid groups is 2. The van der Waals surface area contributed by atoms with Crippen LogP contribution in [0.2, 0.25) is 0 Å². The van der Waals surface area contributed by atoms with Gasteiger partial charge >= 0.3 is 39.5 Å². The van der Waals surface area contributed by atoms with Crippen LogP contribution in [0.1, 0.15) is 323 Å². The molecule has 5 atom stereocenters. The normalized spacial score (nSPS) is 14.5. The van der Waals surface area contributed by atoms with Crippen molar-refractivity contribution < 1.29 is 80.2 Å². The molecule has 0 spiro atoms. The summed E-state index contributed by atoms with van der Waals surface area (Å²) in [6, 6.07) is 0. The van der Waals surface area contributed by atoms with Crippen molar-refractivity contribution in [3.63, 3.8) is 0 Å². The zero-order valence-corrected chi connectivity index (χ0v) is 63.5. The van der Waals surface area contributed by atoms with Gasteiger partial charge in [0.2, 0.25) is 0 Å². The lowest BCUT2D eigenvalue weighted by Gasteiger charge is -2.21. The Morgan fingerprint density at radius 1 is 0.296 bits per heavy atom. The van der Waals surface area contributed by atoms with Crippen LogP contribution in [0.3, 0.4) is 0 Å². The molecule has 0 saturated heterocycles. The smallest absolute Gasteiger partial charge is 0.462 e. The third-order valence-electron chi connectivity index (χ3n) is 16.0. The topological polar surface area (TPSA) is 237 Å². The molecular formula is C79H138O17P2. The molecule has 0 heterocycles. The fraction of sp³-hybridized carbons (Fsp3) is 0.747. The maximum atomic E-state index is 13.1. The van der Waals surface area contributed by atoms with E-state index in [1.54, 1.807) is 0 Å². The van der Waals surface area contributed by atoms with Gasteiger partial charge in [-0.05, 0) is 116 Å². The van der Waals surface area contributed by atoms with Gasteiger partial charge in [-0.15, -0.1) is 0 Å². The third kappa shape index (κ3) is 70.4. The van der Waals surface area contributed by atoms with E-state index < -0.39 is 97.5 Å². The number of esters is 4. The second-order valence-electron chi connectivity index (χ2n) is 25.5. The van der Waals surface area contributed by atoms with Gasteiger partial charge in [0, 0.05) is 25.7 Å². The van der Waals surface area contributed by atoms with E-state index in [-0.39, 0.29) is 25.7 Å². The SMILES string of the molecule is CC/C=C\C/C=C\C/C=C\CCCCCCCCCC(=O)OCC(COP(=O)(O)OCC(O)COP(=O)(O)OCC(COC(=O)CCCCCCCCC/C=C\C/C=C\C/C=C\CC)OC(=O)CCCCCCCCCCCCC)OC(=O)CCCCCCC/C=C\C/C=C\CCC.